The maximum atomic E-state index is 11.8. The van der Waals surface area contributed by atoms with E-state index in [-0.39, 0.29) is 17.3 Å². The second-order valence-corrected chi connectivity index (χ2v) is 7.69. The third-order valence-electron chi connectivity index (χ3n) is 4.31. The number of aryl methyl sites for hydroxylation is 2. The molecule has 0 amide bonds. The van der Waals surface area contributed by atoms with Crippen LogP contribution in [-0.2, 0) is 0 Å². The number of hydrogen-bond acceptors (Lipinski definition) is 9. The largest absolute Gasteiger partial charge is 0.497 e. The van der Waals surface area contributed by atoms with Crippen molar-refractivity contribution >= 4 is 49.7 Å². The maximum Gasteiger partial charge on any atom is 0.353 e. The molecule has 2 N–H and O–H groups in total. The van der Waals surface area contributed by atoms with Gasteiger partial charge in [0, 0.05) is 5.69 Å². The molecule has 10 heteroatoms. The lowest BCUT2D eigenvalue weighted by Crippen LogP contribution is -2.05. The van der Waals surface area contributed by atoms with Gasteiger partial charge in [-0.15, -0.1) is 0 Å². The molecule has 9 nitrogen and oxygen atoms in total. The molecular formula is C20H18N6O3S. The molecule has 0 radical (unpaired) electrons. The summed E-state index contributed by atoms with van der Waals surface area (Å²) in [5.41, 5.74) is 3.30. The fraction of sp³-hybridized carbons (Fsp3) is 0.150. The minimum atomic E-state index is -0.510. The first-order chi connectivity index (χ1) is 14.4. The van der Waals surface area contributed by atoms with E-state index in [1.807, 2.05) is 50.2 Å². The van der Waals surface area contributed by atoms with Crippen LogP contribution < -0.4 is 15.4 Å². The number of ether oxygens (including phenoxy) is 1. The standard InChI is InChI=1S/C20H18N6O3S/c1-11-6-12(2)8-13(7-11)23-18-17(26(27)28)19(22-10-21-18)25-20-24-15-5-4-14(29-3)9-16(15)30-20/h4-10H,1-3H3,(H2,21,22,23,24,25). The van der Waals surface area contributed by atoms with Crippen molar-refractivity contribution in [3.63, 3.8) is 0 Å². The first-order valence-electron chi connectivity index (χ1n) is 8.99. The van der Waals surface area contributed by atoms with Gasteiger partial charge in [-0.3, -0.25) is 10.1 Å². The number of fused-ring (bicyclic) bond motifs is 1. The molecule has 0 aliphatic rings. The summed E-state index contributed by atoms with van der Waals surface area (Å²) >= 11 is 1.35. The van der Waals surface area contributed by atoms with Crippen molar-refractivity contribution in [2.75, 3.05) is 17.7 Å². The summed E-state index contributed by atoms with van der Waals surface area (Å²) in [4.78, 5) is 23.9. The van der Waals surface area contributed by atoms with Gasteiger partial charge in [0.1, 0.15) is 12.1 Å². The highest BCUT2D eigenvalue weighted by Crippen LogP contribution is 2.36. The number of aromatic nitrogens is 3. The van der Waals surface area contributed by atoms with Crippen LogP contribution in [0, 0.1) is 24.0 Å². The number of methoxy groups -OCH3 is 1. The van der Waals surface area contributed by atoms with Crippen molar-refractivity contribution in [2.24, 2.45) is 0 Å². The van der Waals surface area contributed by atoms with Crippen LogP contribution in [0.5, 0.6) is 5.75 Å². The van der Waals surface area contributed by atoms with E-state index in [1.54, 1.807) is 7.11 Å². The number of anilines is 4. The Morgan fingerprint density at radius 3 is 2.40 bits per heavy atom. The molecule has 0 aliphatic carbocycles. The van der Waals surface area contributed by atoms with Gasteiger partial charge in [-0.2, -0.15) is 0 Å². The second-order valence-electron chi connectivity index (χ2n) is 6.66. The van der Waals surface area contributed by atoms with Crippen molar-refractivity contribution < 1.29 is 9.66 Å². The molecule has 30 heavy (non-hydrogen) atoms. The number of benzene rings is 2. The molecule has 0 fully saturated rings. The van der Waals surface area contributed by atoms with Gasteiger partial charge in [-0.05, 0) is 55.3 Å². The van der Waals surface area contributed by atoms with Crippen LogP contribution in [-0.4, -0.2) is 27.0 Å². The van der Waals surface area contributed by atoms with E-state index in [1.165, 1.54) is 17.7 Å². The van der Waals surface area contributed by atoms with Crippen LogP contribution in [0.3, 0.4) is 0 Å². The average Bonchev–Trinajstić information content (AvgIpc) is 3.08. The summed E-state index contributed by atoms with van der Waals surface area (Å²) in [6.45, 7) is 3.92. The van der Waals surface area contributed by atoms with Gasteiger partial charge < -0.3 is 15.4 Å². The third-order valence-corrected chi connectivity index (χ3v) is 5.24. The number of rotatable bonds is 6. The van der Waals surface area contributed by atoms with Crippen molar-refractivity contribution in [1.82, 2.24) is 15.0 Å². The Kier molecular flexibility index (Phi) is 5.15. The highest BCUT2D eigenvalue weighted by atomic mass is 32.1. The first-order valence-corrected chi connectivity index (χ1v) is 9.81. The van der Waals surface area contributed by atoms with Gasteiger partial charge in [0.15, 0.2) is 5.13 Å². The Bertz CT molecular complexity index is 1240. The van der Waals surface area contributed by atoms with Crippen molar-refractivity contribution in [3.05, 3.63) is 64.0 Å². The summed E-state index contributed by atoms with van der Waals surface area (Å²) in [5.74, 6) is 0.879. The first kappa shape index (κ1) is 19.5. The predicted octanol–water partition coefficient (Wildman–Crippen LogP) is 5.11. The van der Waals surface area contributed by atoms with E-state index in [0.717, 1.165) is 21.3 Å². The minimum absolute atomic E-state index is 0.0629. The summed E-state index contributed by atoms with van der Waals surface area (Å²) in [6, 6.07) is 11.3. The molecule has 0 unspecified atom stereocenters. The van der Waals surface area contributed by atoms with Gasteiger partial charge in [0.05, 0.1) is 22.2 Å². The molecule has 0 atom stereocenters. The van der Waals surface area contributed by atoms with Crippen molar-refractivity contribution in [2.45, 2.75) is 13.8 Å². The van der Waals surface area contributed by atoms with Crippen LogP contribution in [0.2, 0.25) is 0 Å². The Hall–Kier alpha value is -3.79. The number of hydrogen-bond donors (Lipinski definition) is 2. The molecule has 0 spiro atoms. The number of nitrogens with one attached hydrogen (secondary N) is 2. The van der Waals surface area contributed by atoms with Crippen molar-refractivity contribution in [3.8, 4) is 5.75 Å². The highest BCUT2D eigenvalue weighted by Gasteiger charge is 2.24. The molecule has 0 saturated carbocycles. The lowest BCUT2D eigenvalue weighted by atomic mass is 10.1. The minimum Gasteiger partial charge on any atom is -0.497 e. The van der Waals surface area contributed by atoms with E-state index in [2.05, 4.69) is 25.6 Å². The molecule has 0 saturated heterocycles. The SMILES string of the molecule is COc1ccc2nc(Nc3ncnc(Nc4cc(C)cc(C)c4)c3[N+](=O)[O-])sc2c1. The van der Waals surface area contributed by atoms with Gasteiger partial charge in [0.25, 0.3) is 0 Å². The summed E-state index contributed by atoms with van der Waals surface area (Å²) in [5, 5.41) is 18.3. The van der Waals surface area contributed by atoms with E-state index in [0.29, 0.717) is 16.6 Å². The summed E-state index contributed by atoms with van der Waals surface area (Å²) < 4.78 is 6.12. The fourth-order valence-electron chi connectivity index (χ4n) is 3.10. The number of nitrogens with zero attached hydrogens (tertiary/aromatic N) is 4. The molecule has 4 aromatic rings. The van der Waals surface area contributed by atoms with Gasteiger partial charge in [-0.25, -0.2) is 15.0 Å². The number of nitro groups is 1. The molecule has 2 aromatic carbocycles. The zero-order chi connectivity index (χ0) is 21.3. The smallest absolute Gasteiger partial charge is 0.353 e. The molecule has 4 rings (SSSR count). The zero-order valence-electron chi connectivity index (χ0n) is 16.5. The summed E-state index contributed by atoms with van der Waals surface area (Å²) in [7, 11) is 1.59. The van der Waals surface area contributed by atoms with Gasteiger partial charge in [0.2, 0.25) is 11.6 Å². The third kappa shape index (κ3) is 3.98. The van der Waals surface area contributed by atoms with Crippen LogP contribution in [0.25, 0.3) is 10.2 Å². The Balaban J connectivity index is 1.70. The molecular weight excluding hydrogens is 404 g/mol. The number of thiazole rings is 1. The van der Waals surface area contributed by atoms with E-state index in [4.69, 9.17) is 4.74 Å². The van der Waals surface area contributed by atoms with E-state index < -0.39 is 4.92 Å². The summed E-state index contributed by atoms with van der Waals surface area (Å²) in [6.07, 6.45) is 1.27. The van der Waals surface area contributed by atoms with Crippen LogP contribution in [0.4, 0.5) is 28.1 Å². The van der Waals surface area contributed by atoms with E-state index in [9.17, 15) is 10.1 Å². The van der Waals surface area contributed by atoms with Crippen LogP contribution in [0.1, 0.15) is 11.1 Å². The predicted molar refractivity (Wildman–Crippen MR) is 117 cm³/mol. The Labute approximate surface area is 175 Å². The maximum absolute atomic E-state index is 11.8. The Morgan fingerprint density at radius 2 is 1.73 bits per heavy atom. The lowest BCUT2D eigenvalue weighted by Gasteiger charge is -2.10. The normalized spacial score (nSPS) is 10.8. The highest BCUT2D eigenvalue weighted by molar-refractivity contribution is 7.22. The Morgan fingerprint density at radius 1 is 1.03 bits per heavy atom. The van der Waals surface area contributed by atoms with Gasteiger partial charge >= 0.3 is 5.69 Å². The molecule has 0 aliphatic heterocycles. The monoisotopic (exact) mass is 422 g/mol. The second kappa shape index (κ2) is 7.91. The van der Waals surface area contributed by atoms with Crippen LogP contribution in [0.15, 0.2) is 42.7 Å². The average molecular weight is 422 g/mol. The molecule has 2 aromatic heterocycles. The molecule has 152 valence electrons. The topological polar surface area (TPSA) is 115 Å². The van der Waals surface area contributed by atoms with Gasteiger partial charge in [-0.1, -0.05) is 17.4 Å². The van der Waals surface area contributed by atoms with Crippen molar-refractivity contribution in [1.29, 1.82) is 0 Å². The molecule has 0 bridgehead atoms. The fourth-order valence-corrected chi connectivity index (χ4v) is 4.00. The lowest BCUT2D eigenvalue weighted by molar-refractivity contribution is -0.383. The molecule has 2 heterocycles. The van der Waals surface area contributed by atoms with Crippen LogP contribution >= 0.6 is 11.3 Å². The quantitative estimate of drug-likeness (QED) is 0.325. The van der Waals surface area contributed by atoms with E-state index >= 15 is 0 Å². The zero-order valence-corrected chi connectivity index (χ0v) is 17.3.